The van der Waals surface area contributed by atoms with Crippen LogP contribution in [0.2, 0.25) is 0 Å². The third-order valence-corrected chi connectivity index (χ3v) is 2.91. The summed E-state index contributed by atoms with van der Waals surface area (Å²) in [7, 11) is 0. The molecule has 0 aromatic carbocycles. The van der Waals surface area contributed by atoms with E-state index in [9.17, 15) is 18.0 Å². The van der Waals surface area contributed by atoms with E-state index in [4.69, 9.17) is 0 Å². The van der Waals surface area contributed by atoms with Gasteiger partial charge in [0.2, 0.25) is 5.91 Å². The Kier molecular flexibility index (Phi) is 4.46. The van der Waals surface area contributed by atoms with Crippen LogP contribution in [0.1, 0.15) is 13.8 Å². The van der Waals surface area contributed by atoms with E-state index >= 15 is 0 Å². The van der Waals surface area contributed by atoms with E-state index in [1.807, 2.05) is 0 Å². The molecule has 3 nitrogen and oxygen atoms in total. The van der Waals surface area contributed by atoms with Crippen LogP contribution in [0.5, 0.6) is 0 Å². The van der Waals surface area contributed by atoms with E-state index in [-0.39, 0.29) is 19.0 Å². The fourth-order valence-corrected chi connectivity index (χ4v) is 1.99. The Morgan fingerprint density at radius 1 is 1.18 bits per heavy atom. The Balaban J connectivity index is 2.44. The largest absolute Gasteiger partial charge is 0.401 e. The molecule has 100 valence electrons. The minimum absolute atomic E-state index is 0.0795. The van der Waals surface area contributed by atoms with Gasteiger partial charge >= 0.3 is 6.18 Å². The zero-order chi connectivity index (χ0) is 13.3. The molecule has 1 saturated heterocycles. The van der Waals surface area contributed by atoms with Crippen molar-refractivity contribution < 1.29 is 18.0 Å². The number of halogens is 4. The standard InChI is InChI=1S/C10H16BrF3N2O/c1-9(2,11)8(17)16-5-3-15(4-6-16)7-10(12,13)14/h3-7H2,1-2H3. The Bertz CT molecular complexity index is 280. The lowest BCUT2D eigenvalue weighted by Gasteiger charge is -2.37. The molecule has 1 fully saturated rings. The second-order valence-electron chi connectivity index (χ2n) is 4.66. The maximum Gasteiger partial charge on any atom is 0.401 e. The zero-order valence-corrected chi connectivity index (χ0v) is 11.4. The van der Waals surface area contributed by atoms with E-state index in [0.717, 1.165) is 0 Å². The number of carbonyl (C=O) groups excluding carboxylic acids is 1. The van der Waals surface area contributed by atoms with Crippen LogP contribution in [-0.4, -0.2) is 58.9 Å². The van der Waals surface area contributed by atoms with E-state index < -0.39 is 17.0 Å². The Morgan fingerprint density at radius 3 is 2.00 bits per heavy atom. The predicted molar refractivity (Wildman–Crippen MR) is 62.1 cm³/mol. The number of hydrogen-bond acceptors (Lipinski definition) is 2. The SMILES string of the molecule is CC(C)(Br)C(=O)N1CCN(CC(F)(F)F)CC1. The van der Waals surface area contributed by atoms with Gasteiger partial charge in [0.15, 0.2) is 0 Å². The molecule has 0 bridgehead atoms. The zero-order valence-electron chi connectivity index (χ0n) is 9.85. The number of alkyl halides is 4. The molecule has 0 aromatic heterocycles. The van der Waals surface area contributed by atoms with E-state index in [0.29, 0.717) is 13.1 Å². The Labute approximate surface area is 107 Å². The topological polar surface area (TPSA) is 23.6 Å². The van der Waals surface area contributed by atoms with Crippen LogP contribution in [0.3, 0.4) is 0 Å². The number of carbonyl (C=O) groups is 1. The van der Waals surface area contributed by atoms with Gasteiger partial charge in [-0.25, -0.2) is 0 Å². The van der Waals surface area contributed by atoms with Crippen molar-refractivity contribution in [3.05, 3.63) is 0 Å². The lowest BCUT2D eigenvalue weighted by molar-refractivity contribution is -0.152. The van der Waals surface area contributed by atoms with Crippen LogP contribution >= 0.6 is 15.9 Å². The van der Waals surface area contributed by atoms with Crippen molar-refractivity contribution in [1.29, 1.82) is 0 Å². The summed E-state index contributed by atoms with van der Waals surface area (Å²) in [6.45, 7) is 3.82. The third kappa shape index (κ3) is 4.83. The van der Waals surface area contributed by atoms with Gasteiger partial charge in [-0.3, -0.25) is 9.69 Å². The normalized spacial score (nSPS) is 19.5. The van der Waals surface area contributed by atoms with Gasteiger partial charge in [-0.05, 0) is 13.8 Å². The van der Waals surface area contributed by atoms with Crippen molar-refractivity contribution in [2.75, 3.05) is 32.7 Å². The van der Waals surface area contributed by atoms with Gasteiger partial charge in [-0.15, -0.1) is 0 Å². The molecule has 0 N–H and O–H groups in total. The number of hydrogen-bond donors (Lipinski definition) is 0. The van der Waals surface area contributed by atoms with Crippen molar-refractivity contribution in [2.45, 2.75) is 24.3 Å². The van der Waals surface area contributed by atoms with Gasteiger partial charge in [0, 0.05) is 26.2 Å². The lowest BCUT2D eigenvalue weighted by atomic mass is 10.1. The second-order valence-corrected chi connectivity index (χ2v) is 6.64. The van der Waals surface area contributed by atoms with Crippen LogP contribution in [0, 0.1) is 0 Å². The number of piperazine rings is 1. The number of rotatable bonds is 2. The molecule has 7 heteroatoms. The quantitative estimate of drug-likeness (QED) is 0.726. The molecule has 0 aromatic rings. The van der Waals surface area contributed by atoms with Crippen molar-refractivity contribution in [3.63, 3.8) is 0 Å². The highest BCUT2D eigenvalue weighted by Gasteiger charge is 2.35. The summed E-state index contributed by atoms with van der Waals surface area (Å²) in [6.07, 6.45) is -4.17. The van der Waals surface area contributed by atoms with Crippen LogP contribution in [0.15, 0.2) is 0 Å². The monoisotopic (exact) mass is 316 g/mol. The van der Waals surface area contributed by atoms with Crippen LogP contribution in [0.4, 0.5) is 13.2 Å². The highest BCUT2D eigenvalue weighted by atomic mass is 79.9. The molecule has 0 atom stereocenters. The fraction of sp³-hybridized carbons (Fsp3) is 0.900. The van der Waals surface area contributed by atoms with Gasteiger partial charge in [0.25, 0.3) is 0 Å². The predicted octanol–water partition coefficient (Wildman–Crippen LogP) is 1.87. The van der Waals surface area contributed by atoms with Gasteiger partial charge in [0.05, 0.1) is 10.9 Å². The fourth-order valence-electron chi connectivity index (χ4n) is 1.74. The van der Waals surface area contributed by atoms with Crippen molar-refractivity contribution in [3.8, 4) is 0 Å². The molecule has 1 aliphatic rings. The summed E-state index contributed by atoms with van der Waals surface area (Å²) < 4.78 is 35.8. The van der Waals surface area contributed by atoms with Crippen LogP contribution < -0.4 is 0 Å². The van der Waals surface area contributed by atoms with Gasteiger partial charge in [-0.2, -0.15) is 13.2 Å². The highest BCUT2D eigenvalue weighted by molar-refractivity contribution is 9.10. The maximum absolute atomic E-state index is 12.2. The summed E-state index contributed by atoms with van der Waals surface area (Å²) in [6, 6.07) is 0. The lowest BCUT2D eigenvalue weighted by Crippen LogP contribution is -2.53. The van der Waals surface area contributed by atoms with E-state index in [1.165, 1.54) is 4.90 Å². The molecule has 0 aliphatic carbocycles. The summed E-state index contributed by atoms with van der Waals surface area (Å²) in [4.78, 5) is 14.8. The van der Waals surface area contributed by atoms with E-state index in [2.05, 4.69) is 15.9 Å². The minimum Gasteiger partial charge on any atom is -0.339 e. The van der Waals surface area contributed by atoms with Crippen molar-refractivity contribution >= 4 is 21.8 Å². The Hall–Kier alpha value is -0.300. The summed E-state index contributed by atoms with van der Waals surface area (Å²) >= 11 is 3.26. The highest BCUT2D eigenvalue weighted by Crippen LogP contribution is 2.21. The molecule has 1 aliphatic heterocycles. The molecule has 1 amide bonds. The molecular formula is C10H16BrF3N2O. The summed E-state index contributed by atoms with van der Waals surface area (Å²) in [5.41, 5.74) is 0. The minimum atomic E-state index is -4.17. The molecule has 17 heavy (non-hydrogen) atoms. The molecule has 0 unspecified atom stereocenters. The first-order chi connectivity index (χ1) is 7.59. The number of amides is 1. The number of nitrogens with zero attached hydrogens (tertiary/aromatic N) is 2. The summed E-state index contributed by atoms with van der Waals surface area (Å²) in [5.74, 6) is -0.0795. The van der Waals surface area contributed by atoms with Crippen LogP contribution in [-0.2, 0) is 4.79 Å². The molecule has 1 rings (SSSR count). The van der Waals surface area contributed by atoms with Gasteiger partial charge in [-0.1, -0.05) is 15.9 Å². The molecule has 0 spiro atoms. The first-order valence-corrected chi connectivity index (χ1v) is 6.16. The summed E-state index contributed by atoms with van der Waals surface area (Å²) in [5, 5.41) is 0. The Morgan fingerprint density at radius 2 is 1.65 bits per heavy atom. The average molecular weight is 317 g/mol. The van der Waals surface area contributed by atoms with Gasteiger partial charge < -0.3 is 4.90 Å². The van der Waals surface area contributed by atoms with Crippen molar-refractivity contribution in [1.82, 2.24) is 9.80 Å². The first-order valence-electron chi connectivity index (χ1n) is 5.37. The second kappa shape index (κ2) is 5.14. The molecular weight excluding hydrogens is 301 g/mol. The van der Waals surface area contributed by atoms with Crippen molar-refractivity contribution in [2.24, 2.45) is 0 Å². The van der Waals surface area contributed by atoms with Crippen LogP contribution in [0.25, 0.3) is 0 Å². The third-order valence-electron chi connectivity index (χ3n) is 2.57. The molecule has 0 saturated carbocycles. The molecule has 0 radical (unpaired) electrons. The first kappa shape index (κ1) is 14.8. The average Bonchev–Trinajstić information content (AvgIpc) is 2.14. The van der Waals surface area contributed by atoms with Gasteiger partial charge in [0.1, 0.15) is 0 Å². The smallest absolute Gasteiger partial charge is 0.339 e. The van der Waals surface area contributed by atoms with E-state index in [1.54, 1.807) is 18.7 Å². The molecule has 1 heterocycles. The maximum atomic E-state index is 12.2.